The Bertz CT molecular complexity index is 986. The summed E-state index contributed by atoms with van der Waals surface area (Å²) in [6.07, 6.45) is 4.59. The van der Waals surface area contributed by atoms with Gasteiger partial charge in [-0.05, 0) is 31.7 Å². The van der Waals surface area contributed by atoms with Gasteiger partial charge in [0, 0.05) is 25.5 Å². The van der Waals surface area contributed by atoms with Crippen LogP contribution < -0.4 is 27.0 Å². The number of rotatable bonds is 9. The van der Waals surface area contributed by atoms with Gasteiger partial charge in [0.05, 0.1) is 12.1 Å². The Labute approximate surface area is 180 Å². The second kappa shape index (κ2) is 9.61. The minimum absolute atomic E-state index is 0.119. The van der Waals surface area contributed by atoms with Gasteiger partial charge in [-0.25, -0.2) is 10.5 Å². The van der Waals surface area contributed by atoms with Crippen LogP contribution in [0.15, 0.2) is 41.3 Å². The van der Waals surface area contributed by atoms with Crippen molar-refractivity contribution < 1.29 is 9.63 Å². The van der Waals surface area contributed by atoms with E-state index < -0.39 is 0 Å². The van der Waals surface area contributed by atoms with Gasteiger partial charge in [-0.2, -0.15) is 0 Å². The van der Waals surface area contributed by atoms with Crippen molar-refractivity contribution in [2.75, 3.05) is 25.1 Å². The van der Waals surface area contributed by atoms with Gasteiger partial charge in [0.15, 0.2) is 5.82 Å². The van der Waals surface area contributed by atoms with Crippen LogP contribution in [0.4, 0.5) is 5.82 Å². The number of hydrogen-bond donors (Lipinski definition) is 4. The van der Waals surface area contributed by atoms with Crippen LogP contribution in [0.1, 0.15) is 30.5 Å². The van der Waals surface area contributed by atoms with E-state index in [4.69, 9.17) is 16.0 Å². The van der Waals surface area contributed by atoms with Crippen molar-refractivity contribution in [3.8, 4) is 0 Å². The van der Waals surface area contributed by atoms with E-state index in [0.717, 1.165) is 24.8 Å². The van der Waals surface area contributed by atoms with Crippen molar-refractivity contribution in [2.45, 2.75) is 38.3 Å². The predicted molar refractivity (Wildman–Crippen MR) is 118 cm³/mol. The average Bonchev–Trinajstić information content (AvgIpc) is 2.70. The monoisotopic (exact) mass is 427 g/mol. The number of nitrogens with one attached hydrogen (secondary N) is 3. The molecule has 0 unspecified atom stereocenters. The number of anilines is 1. The van der Waals surface area contributed by atoms with Crippen LogP contribution >= 0.6 is 0 Å². The van der Waals surface area contributed by atoms with Crippen molar-refractivity contribution in [3.05, 3.63) is 58.1 Å². The van der Waals surface area contributed by atoms with E-state index in [1.165, 1.54) is 4.57 Å². The Kier molecular flexibility index (Phi) is 6.91. The van der Waals surface area contributed by atoms with Crippen LogP contribution in [0.5, 0.6) is 0 Å². The first-order valence-electron chi connectivity index (χ1n) is 10.2. The van der Waals surface area contributed by atoms with Crippen LogP contribution in [0.2, 0.25) is 0 Å². The van der Waals surface area contributed by atoms with Gasteiger partial charge < -0.3 is 16.0 Å². The number of hydrogen-bond acceptors (Lipinski definition) is 6. The molecular formula is C21H29N7O3. The first-order chi connectivity index (χ1) is 14.8. The van der Waals surface area contributed by atoms with Crippen molar-refractivity contribution in [3.63, 3.8) is 0 Å². The van der Waals surface area contributed by atoms with Gasteiger partial charge in [0.25, 0.3) is 5.56 Å². The lowest BCUT2D eigenvalue weighted by Crippen LogP contribution is -2.52. The third kappa shape index (κ3) is 4.85. The third-order valence-electron chi connectivity index (χ3n) is 5.70. The zero-order valence-electron chi connectivity index (χ0n) is 17.9. The molecule has 166 valence electrons. The summed E-state index contributed by atoms with van der Waals surface area (Å²) in [6, 6.07) is 10.2. The Balaban J connectivity index is 1.74. The molecule has 31 heavy (non-hydrogen) atoms. The fourth-order valence-electron chi connectivity index (χ4n) is 3.84. The largest absolute Gasteiger partial charge is 0.368 e. The molecule has 0 spiro atoms. The van der Waals surface area contributed by atoms with Gasteiger partial charge in [-0.15, -0.1) is 0 Å². The fourth-order valence-corrected chi connectivity index (χ4v) is 3.84. The van der Waals surface area contributed by atoms with Crippen molar-refractivity contribution in [2.24, 2.45) is 5.73 Å². The summed E-state index contributed by atoms with van der Waals surface area (Å²) < 4.78 is 1.43. The molecule has 2 aromatic rings. The highest BCUT2D eigenvalue weighted by Crippen LogP contribution is 2.46. The number of carbonyl (C=O) groups excluding carboxylic acids is 1. The molecule has 1 aliphatic rings. The highest BCUT2D eigenvalue weighted by atomic mass is 16.6. The number of aryl methyl sites for hydroxylation is 1. The Morgan fingerprint density at radius 2 is 2.06 bits per heavy atom. The smallest absolute Gasteiger partial charge is 0.294 e. The Hall–Kier alpha value is -3.40. The molecule has 1 aromatic heterocycles. The number of nitrogens with two attached hydrogens (primary N) is 1. The van der Waals surface area contributed by atoms with Crippen LogP contribution in [0, 0.1) is 12.3 Å². The molecule has 0 bridgehead atoms. The van der Waals surface area contributed by atoms with E-state index in [0.29, 0.717) is 11.5 Å². The molecule has 1 saturated carbocycles. The van der Waals surface area contributed by atoms with Crippen LogP contribution in [-0.4, -0.2) is 41.6 Å². The lowest BCUT2D eigenvalue weighted by Gasteiger charge is -2.49. The summed E-state index contributed by atoms with van der Waals surface area (Å²) in [4.78, 5) is 36.9. The first kappa shape index (κ1) is 22.3. The van der Waals surface area contributed by atoms with E-state index in [-0.39, 0.29) is 42.7 Å². The molecule has 1 aromatic carbocycles. The maximum absolute atomic E-state index is 13.2. The number of hydroxylamine groups is 1. The molecule has 1 fully saturated rings. The van der Waals surface area contributed by atoms with E-state index in [1.807, 2.05) is 30.1 Å². The van der Waals surface area contributed by atoms with Crippen molar-refractivity contribution in [1.82, 2.24) is 20.3 Å². The lowest BCUT2D eigenvalue weighted by molar-refractivity contribution is -0.122. The highest BCUT2D eigenvalue weighted by Gasteiger charge is 2.43. The Morgan fingerprint density at radius 1 is 1.35 bits per heavy atom. The zero-order valence-corrected chi connectivity index (χ0v) is 17.9. The summed E-state index contributed by atoms with van der Waals surface area (Å²) in [5, 5.41) is 9.67. The molecule has 3 rings (SSSR count). The van der Waals surface area contributed by atoms with Crippen molar-refractivity contribution >= 4 is 17.7 Å². The van der Waals surface area contributed by atoms with Gasteiger partial charge in [-0.1, -0.05) is 30.3 Å². The minimum Gasteiger partial charge on any atom is -0.368 e. The van der Waals surface area contributed by atoms with Gasteiger partial charge in [-0.3, -0.25) is 24.4 Å². The maximum Gasteiger partial charge on any atom is 0.294 e. The van der Waals surface area contributed by atoms with E-state index in [9.17, 15) is 9.59 Å². The molecule has 1 amide bonds. The van der Waals surface area contributed by atoms with Gasteiger partial charge >= 0.3 is 0 Å². The van der Waals surface area contributed by atoms with Crippen LogP contribution in [0.3, 0.4) is 0 Å². The van der Waals surface area contributed by atoms with Crippen molar-refractivity contribution in [1.29, 1.82) is 5.41 Å². The number of guanidine groups is 1. The quantitative estimate of drug-likeness (QED) is 0.199. The number of aromatic nitrogens is 2. The number of carbonyl (C=O) groups is 1. The summed E-state index contributed by atoms with van der Waals surface area (Å²) in [5.41, 5.74) is 8.50. The second-order valence-electron chi connectivity index (χ2n) is 7.64. The molecule has 10 nitrogen and oxygen atoms in total. The number of nitrogens with zero attached hydrogens (tertiary/aromatic N) is 3. The number of benzene rings is 1. The maximum atomic E-state index is 13.2. The Morgan fingerprint density at radius 3 is 2.68 bits per heavy atom. The molecule has 5 N–H and O–H groups in total. The fraction of sp³-hybridized carbons (Fsp3) is 0.429. The standard InChI is InChI=1S/C21H29N7O3/c1-15-13-25-18(27(2)21(9-6-10-21)16-7-4-3-5-8-16)19(30)28(15)14-17(29)24-11-12-31-26-20(22)23/h3-5,7-8,13H,6,9-12,14H2,1-2H3,(H,24,29)(H4,22,23,26). The minimum atomic E-state index is -0.321. The third-order valence-corrected chi connectivity index (χ3v) is 5.70. The SMILES string of the molecule is Cc1cnc(N(C)C2(c3ccccc3)CCC2)c(=O)n1CC(=O)NCCONC(=N)N. The summed E-state index contributed by atoms with van der Waals surface area (Å²) >= 11 is 0. The van der Waals surface area contributed by atoms with Crippen LogP contribution in [0.25, 0.3) is 0 Å². The van der Waals surface area contributed by atoms with E-state index in [2.05, 4.69) is 27.9 Å². The molecule has 1 heterocycles. The second-order valence-corrected chi connectivity index (χ2v) is 7.64. The molecular weight excluding hydrogens is 398 g/mol. The molecule has 10 heteroatoms. The summed E-state index contributed by atoms with van der Waals surface area (Å²) in [6.45, 7) is 1.97. The number of amides is 1. The molecule has 0 saturated heterocycles. The zero-order chi connectivity index (χ0) is 22.4. The summed E-state index contributed by atoms with van der Waals surface area (Å²) in [7, 11) is 1.90. The normalized spacial score (nSPS) is 14.4. The summed E-state index contributed by atoms with van der Waals surface area (Å²) in [5.74, 6) is -0.310. The highest BCUT2D eigenvalue weighted by molar-refractivity contribution is 5.76. The van der Waals surface area contributed by atoms with Gasteiger partial charge in [0.2, 0.25) is 11.9 Å². The van der Waals surface area contributed by atoms with Crippen LogP contribution in [-0.2, 0) is 21.7 Å². The first-order valence-corrected chi connectivity index (χ1v) is 10.2. The molecule has 0 atom stereocenters. The predicted octanol–water partition coefficient (Wildman–Crippen LogP) is 0.598. The lowest BCUT2D eigenvalue weighted by atomic mass is 9.70. The average molecular weight is 428 g/mol. The van der Waals surface area contributed by atoms with Gasteiger partial charge in [0.1, 0.15) is 6.54 Å². The molecule has 0 aliphatic heterocycles. The topological polar surface area (TPSA) is 138 Å². The molecule has 1 aliphatic carbocycles. The van der Waals surface area contributed by atoms with E-state index in [1.54, 1.807) is 13.1 Å². The molecule has 0 radical (unpaired) electrons. The van der Waals surface area contributed by atoms with E-state index >= 15 is 0 Å².